The first-order valence-electron chi connectivity index (χ1n) is 7.72. The van der Waals surface area contributed by atoms with Gasteiger partial charge in [0.1, 0.15) is 0 Å². The molecule has 0 fully saturated rings. The molecule has 4 heteroatoms. The maximum Gasteiger partial charge on any atom is 0.0522 e. The number of aryl methyl sites for hydroxylation is 2. The molecule has 1 aromatic carbocycles. The van der Waals surface area contributed by atoms with Crippen LogP contribution in [0, 0.1) is 3.57 Å². The molecule has 3 nitrogen and oxygen atoms in total. The molecule has 2 aromatic rings. The van der Waals surface area contributed by atoms with Crippen molar-refractivity contribution in [3.05, 3.63) is 50.9 Å². The van der Waals surface area contributed by atoms with E-state index >= 15 is 0 Å². The van der Waals surface area contributed by atoms with Gasteiger partial charge in [-0.3, -0.25) is 5.10 Å². The van der Waals surface area contributed by atoms with Gasteiger partial charge in [0.25, 0.3) is 0 Å². The molecular weight excluding hydrogens is 373 g/mol. The zero-order valence-electron chi connectivity index (χ0n) is 12.4. The van der Waals surface area contributed by atoms with E-state index in [1.165, 1.54) is 33.2 Å². The third-order valence-electron chi connectivity index (χ3n) is 4.32. The fraction of sp³-hybridized carbons (Fsp3) is 0.471. The van der Waals surface area contributed by atoms with E-state index < -0.39 is 0 Å². The monoisotopic (exact) mass is 395 g/mol. The highest BCUT2D eigenvalue weighted by atomic mass is 127. The fourth-order valence-corrected chi connectivity index (χ4v) is 3.43. The van der Waals surface area contributed by atoms with E-state index in [0.717, 1.165) is 19.3 Å². The van der Waals surface area contributed by atoms with E-state index in [9.17, 15) is 0 Å². The summed E-state index contributed by atoms with van der Waals surface area (Å²) < 4.78 is 1.31. The fourth-order valence-electron chi connectivity index (χ4n) is 3.07. The first-order valence-corrected chi connectivity index (χ1v) is 8.80. The summed E-state index contributed by atoms with van der Waals surface area (Å²) >= 11 is 2.35. The summed E-state index contributed by atoms with van der Waals surface area (Å²) in [7, 11) is 0. The molecule has 0 saturated carbocycles. The number of halogens is 1. The van der Waals surface area contributed by atoms with Crippen LogP contribution >= 0.6 is 22.6 Å². The highest BCUT2D eigenvalue weighted by molar-refractivity contribution is 14.1. The number of fused-ring (bicyclic) bond motifs is 1. The largest absolute Gasteiger partial charge is 0.311 e. The zero-order chi connectivity index (χ0) is 14.7. The molecule has 1 heterocycles. The van der Waals surface area contributed by atoms with Crippen LogP contribution in [-0.4, -0.2) is 22.3 Å². The zero-order valence-corrected chi connectivity index (χ0v) is 14.6. The molecule has 0 radical (unpaired) electrons. The van der Waals surface area contributed by atoms with Gasteiger partial charge >= 0.3 is 0 Å². The van der Waals surface area contributed by atoms with Gasteiger partial charge in [0.2, 0.25) is 0 Å². The second-order valence-corrected chi connectivity index (χ2v) is 7.29. The highest BCUT2D eigenvalue weighted by Gasteiger charge is 2.21. The maximum atomic E-state index is 4.15. The molecule has 1 aliphatic rings. The number of H-pyrrole nitrogens is 1. The molecule has 2 atom stereocenters. The van der Waals surface area contributed by atoms with Crippen molar-refractivity contribution in [3.8, 4) is 0 Å². The van der Waals surface area contributed by atoms with Gasteiger partial charge in [0, 0.05) is 27.8 Å². The van der Waals surface area contributed by atoms with Gasteiger partial charge in [-0.1, -0.05) is 12.1 Å². The number of hydrogen-bond donors (Lipinski definition) is 2. The average molecular weight is 395 g/mol. The van der Waals surface area contributed by atoms with Crippen LogP contribution in [0.4, 0.5) is 0 Å². The van der Waals surface area contributed by atoms with E-state index in [-0.39, 0.29) is 0 Å². The number of aromatic nitrogens is 2. The van der Waals surface area contributed by atoms with Crippen molar-refractivity contribution in [1.29, 1.82) is 0 Å². The minimum absolute atomic E-state index is 0.554. The summed E-state index contributed by atoms with van der Waals surface area (Å²) in [6.45, 7) is 2.30. The van der Waals surface area contributed by atoms with Crippen molar-refractivity contribution in [1.82, 2.24) is 15.5 Å². The highest BCUT2D eigenvalue weighted by Crippen LogP contribution is 2.19. The quantitative estimate of drug-likeness (QED) is 0.762. The molecule has 3 rings (SSSR count). The van der Waals surface area contributed by atoms with Crippen LogP contribution in [0.3, 0.4) is 0 Å². The Kier molecular flexibility index (Phi) is 4.95. The number of nitrogens with one attached hydrogen (secondary N) is 2. The van der Waals surface area contributed by atoms with Crippen LogP contribution in [-0.2, 0) is 19.3 Å². The first-order chi connectivity index (χ1) is 10.2. The lowest BCUT2D eigenvalue weighted by Gasteiger charge is -2.26. The molecule has 2 N–H and O–H groups in total. The van der Waals surface area contributed by atoms with Crippen molar-refractivity contribution in [3.63, 3.8) is 0 Å². The lowest BCUT2D eigenvalue weighted by molar-refractivity contribution is 0.391. The topological polar surface area (TPSA) is 40.7 Å². The number of aromatic amines is 1. The van der Waals surface area contributed by atoms with Gasteiger partial charge in [-0.15, -0.1) is 0 Å². The molecule has 112 valence electrons. The molecule has 0 saturated heterocycles. The summed E-state index contributed by atoms with van der Waals surface area (Å²) in [5.41, 5.74) is 4.16. The van der Waals surface area contributed by atoms with E-state index in [1.807, 2.05) is 6.20 Å². The van der Waals surface area contributed by atoms with Crippen molar-refractivity contribution >= 4 is 22.6 Å². The van der Waals surface area contributed by atoms with Gasteiger partial charge < -0.3 is 5.32 Å². The number of hydrogen-bond acceptors (Lipinski definition) is 2. The SMILES string of the molecule is CC(CCc1ccc(I)cc1)NC1CCc2cn[nH]c2C1. The Balaban J connectivity index is 1.46. The Hall–Kier alpha value is -0.880. The lowest BCUT2D eigenvalue weighted by atomic mass is 9.93. The summed E-state index contributed by atoms with van der Waals surface area (Å²) in [6, 6.07) is 10.0. The van der Waals surface area contributed by atoms with E-state index in [2.05, 4.69) is 69.3 Å². The smallest absolute Gasteiger partial charge is 0.0522 e. The molecule has 1 aromatic heterocycles. The minimum atomic E-state index is 0.554. The molecule has 0 aliphatic heterocycles. The van der Waals surface area contributed by atoms with Gasteiger partial charge in [0.15, 0.2) is 0 Å². The van der Waals surface area contributed by atoms with Crippen molar-refractivity contribution < 1.29 is 0 Å². The van der Waals surface area contributed by atoms with Crippen LogP contribution in [0.1, 0.15) is 36.6 Å². The number of benzene rings is 1. The summed E-state index contributed by atoms with van der Waals surface area (Å²) in [5, 5.41) is 11.1. The number of nitrogens with zero attached hydrogens (tertiary/aromatic N) is 1. The maximum absolute atomic E-state index is 4.15. The second-order valence-electron chi connectivity index (χ2n) is 6.05. The van der Waals surface area contributed by atoms with E-state index in [0.29, 0.717) is 12.1 Å². The molecule has 21 heavy (non-hydrogen) atoms. The lowest BCUT2D eigenvalue weighted by Crippen LogP contribution is -2.40. The predicted octanol–water partition coefficient (Wildman–Crippen LogP) is 3.48. The van der Waals surface area contributed by atoms with Crippen LogP contribution in [0.5, 0.6) is 0 Å². The normalized spacial score (nSPS) is 19.2. The Morgan fingerprint density at radius 3 is 3.00 bits per heavy atom. The van der Waals surface area contributed by atoms with Crippen molar-refractivity contribution in [2.24, 2.45) is 0 Å². The third kappa shape index (κ3) is 4.07. The summed E-state index contributed by atoms with van der Waals surface area (Å²) in [6.07, 6.45) is 7.77. The Labute approximate surface area is 140 Å². The van der Waals surface area contributed by atoms with Crippen LogP contribution < -0.4 is 5.32 Å². The molecule has 2 unspecified atom stereocenters. The summed E-state index contributed by atoms with van der Waals surface area (Å²) in [4.78, 5) is 0. The molecule has 1 aliphatic carbocycles. The first kappa shape index (κ1) is 15.0. The molecule has 0 amide bonds. The average Bonchev–Trinajstić information content (AvgIpc) is 2.94. The summed E-state index contributed by atoms with van der Waals surface area (Å²) in [5.74, 6) is 0. The molecular formula is C17H22IN3. The molecule has 0 spiro atoms. The van der Waals surface area contributed by atoms with Crippen LogP contribution in [0.15, 0.2) is 30.5 Å². The van der Waals surface area contributed by atoms with Crippen molar-refractivity contribution in [2.45, 2.75) is 51.1 Å². The van der Waals surface area contributed by atoms with Crippen LogP contribution in [0.25, 0.3) is 0 Å². The predicted molar refractivity (Wildman–Crippen MR) is 94.5 cm³/mol. The van der Waals surface area contributed by atoms with Gasteiger partial charge in [-0.05, 0) is 78.5 Å². The van der Waals surface area contributed by atoms with Crippen molar-refractivity contribution in [2.75, 3.05) is 0 Å². The van der Waals surface area contributed by atoms with E-state index in [1.54, 1.807) is 0 Å². The Morgan fingerprint density at radius 2 is 2.19 bits per heavy atom. The Morgan fingerprint density at radius 1 is 1.38 bits per heavy atom. The number of rotatable bonds is 5. The molecule has 0 bridgehead atoms. The van der Waals surface area contributed by atoms with E-state index in [4.69, 9.17) is 0 Å². The van der Waals surface area contributed by atoms with Gasteiger partial charge in [0.05, 0.1) is 6.20 Å². The standard InChI is InChI=1S/C17H22IN3/c1-12(2-3-13-4-7-15(18)8-5-13)20-16-9-6-14-11-19-21-17(14)10-16/h4-5,7-8,11-12,16,20H,2-3,6,9-10H2,1H3,(H,19,21). The van der Waals surface area contributed by atoms with Gasteiger partial charge in [-0.2, -0.15) is 5.10 Å². The van der Waals surface area contributed by atoms with Crippen LogP contribution in [0.2, 0.25) is 0 Å². The minimum Gasteiger partial charge on any atom is -0.311 e. The third-order valence-corrected chi connectivity index (χ3v) is 5.04. The second kappa shape index (κ2) is 6.92. The van der Waals surface area contributed by atoms with Gasteiger partial charge in [-0.25, -0.2) is 0 Å². The Bertz CT molecular complexity index is 576.